The second-order valence-electron chi connectivity index (χ2n) is 5.97. The van der Waals surface area contributed by atoms with Gasteiger partial charge in [-0.2, -0.15) is 0 Å². The molecule has 7 heteroatoms. The highest BCUT2D eigenvalue weighted by atomic mass is 127. The summed E-state index contributed by atoms with van der Waals surface area (Å²) >= 11 is 2.22. The largest absolute Gasteiger partial charge is 0.353 e. The van der Waals surface area contributed by atoms with E-state index >= 15 is 0 Å². The summed E-state index contributed by atoms with van der Waals surface area (Å²) in [4.78, 5) is 23.9. The van der Waals surface area contributed by atoms with Crippen LogP contribution in [0.2, 0.25) is 0 Å². The average Bonchev–Trinajstić information content (AvgIpc) is 2.80. The fourth-order valence-electron chi connectivity index (χ4n) is 2.90. The van der Waals surface area contributed by atoms with Gasteiger partial charge >= 0.3 is 6.03 Å². The second kappa shape index (κ2) is 6.74. The zero-order valence-corrected chi connectivity index (χ0v) is 15.0. The minimum Gasteiger partial charge on any atom is -0.353 e. The van der Waals surface area contributed by atoms with Crippen molar-refractivity contribution in [3.63, 3.8) is 0 Å². The summed E-state index contributed by atoms with van der Waals surface area (Å²) < 4.78 is 12.9. The molecule has 3 rings (SSSR count). The number of ether oxygens (including phenoxy) is 2. The van der Waals surface area contributed by atoms with Crippen LogP contribution in [0.3, 0.4) is 0 Å². The first-order valence-corrected chi connectivity index (χ1v) is 8.73. The highest BCUT2D eigenvalue weighted by Crippen LogP contribution is 2.35. The number of amides is 3. The van der Waals surface area contributed by atoms with Crippen molar-refractivity contribution in [2.75, 3.05) is 6.61 Å². The van der Waals surface area contributed by atoms with E-state index in [4.69, 9.17) is 9.47 Å². The minimum atomic E-state index is -1.16. The van der Waals surface area contributed by atoms with Crippen molar-refractivity contribution in [2.45, 2.75) is 44.1 Å². The number of benzene rings is 1. The zero-order chi connectivity index (χ0) is 16.4. The van der Waals surface area contributed by atoms with Gasteiger partial charge in [-0.25, -0.2) is 4.79 Å². The monoisotopic (exact) mass is 430 g/mol. The molecule has 124 valence electrons. The number of nitrogens with one attached hydrogen (secondary N) is 2. The van der Waals surface area contributed by atoms with Gasteiger partial charge in [0.05, 0.1) is 0 Å². The van der Waals surface area contributed by atoms with Crippen LogP contribution in [0.15, 0.2) is 24.3 Å². The van der Waals surface area contributed by atoms with E-state index in [-0.39, 0.29) is 12.2 Å². The van der Waals surface area contributed by atoms with Gasteiger partial charge in [0, 0.05) is 10.2 Å². The van der Waals surface area contributed by atoms with Crippen LogP contribution in [0.4, 0.5) is 4.79 Å². The van der Waals surface area contributed by atoms with Crippen molar-refractivity contribution >= 4 is 34.5 Å². The molecule has 23 heavy (non-hydrogen) atoms. The third kappa shape index (κ3) is 3.51. The molecule has 0 bridgehead atoms. The maximum absolute atomic E-state index is 12.3. The van der Waals surface area contributed by atoms with E-state index in [9.17, 15) is 9.59 Å². The molecule has 2 saturated heterocycles. The van der Waals surface area contributed by atoms with Gasteiger partial charge in [0.25, 0.3) is 5.91 Å². The van der Waals surface area contributed by atoms with Gasteiger partial charge in [-0.1, -0.05) is 12.1 Å². The Labute approximate surface area is 148 Å². The van der Waals surface area contributed by atoms with Crippen LogP contribution in [0, 0.1) is 3.57 Å². The van der Waals surface area contributed by atoms with Gasteiger partial charge in [0.2, 0.25) is 0 Å². The van der Waals surface area contributed by atoms with Crippen LogP contribution in [-0.4, -0.2) is 30.4 Å². The lowest BCUT2D eigenvalue weighted by Crippen LogP contribution is -2.51. The normalized spacial score (nSPS) is 29.0. The molecule has 1 aromatic rings. The van der Waals surface area contributed by atoms with Crippen molar-refractivity contribution in [3.05, 3.63) is 33.4 Å². The Morgan fingerprint density at radius 2 is 2.04 bits per heavy atom. The Morgan fingerprint density at radius 1 is 1.30 bits per heavy atom. The molecule has 2 heterocycles. The Balaban J connectivity index is 1.90. The smallest absolute Gasteiger partial charge is 0.322 e. The average molecular weight is 430 g/mol. The maximum atomic E-state index is 12.3. The molecule has 2 fully saturated rings. The van der Waals surface area contributed by atoms with Gasteiger partial charge in [-0.3, -0.25) is 10.1 Å². The molecule has 3 atom stereocenters. The van der Waals surface area contributed by atoms with Crippen molar-refractivity contribution in [2.24, 2.45) is 0 Å². The molecule has 0 saturated carbocycles. The number of imide groups is 1. The first-order chi connectivity index (χ1) is 11.0. The number of urea groups is 1. The summed E-state index contributed by atoms with van der Waals surface area (Å²) in [7, 11) is 0. The lowest BCUT2D eigenvalue weighted by Gasteiger charge is -2.35. The molecule has 2 aliphatic heterocycles. The molecule has 0 unspecified atom stereocenters. The predicted molar refractivity (Wildman–Crippen MR) is 91.7 cm³/mol. The summed E-state index contributed by atoms with van der Waals surface area (Å²) in [6.07, 6.45) is 1.85. The Morgan fingerprint density at radius 3 is 2.61 bits per heavy atom. The summed E-state index contributed by atoms with van der Waals surface area (Å²) in [6, 6.07) is 7.23. The van der Waals surface area contributed by atoms with Crippen LogP contribution >= 0.6 is 22.6 Å². The van der Waals surface area contributed by atoms with Gasteiger partial charge in [0.1, 0.15) is 11.6 Å². The van der Waals surface area contributed by atoms with Crippen molar-refractivity contribution in [3.8, 4) is 0 Å². The van der Waals surface area contributed by atoms with Crippen LogP contribution in [0.5, 0.6) is 0 Å². The van der Waals surface area contributed by atoms with E-state index in [1.54, 1.807) is 6.92 Å². The van der Waals surface area contributed by atoms with Crippen LogP contribution < -0.4 is 10.6 Å². The van der Waals surface area contributed by atoms with E-state index in [0.717, 1.165) is 28.4 Å². The van der Waals surface area contributed by atoms with Gasteiger partial charge in [0.15, 0.2) is 6.29 Å². The quantitative estimate of drug-likeness (QED) is 0.569. The van der Waals surface area contributed by atoms with E-state index in [1.807, 2.05) is 24.3 Å². The topological polar surface area (TPSA) is 76.7 Å². The molecule has 1 aromatic carbocycles. The molecule has 6 nitrogen and oxygen atoms in total. The second-order valence-corrected chi connectivity index (χ2v) is 7.22. The zero-order valence-electron chi connectivity index (χ0n) is 12.8. The first kappa shape index (κ1) is 16.7. The summed E-state index contributed by atoms with van der Waals surface area (Å²) in [5, 5.41) is 5.00. The fraction of sp³-hybridized carbons (Fsp3) is 0.500. The molecule has 3 amide bonds. The summed E-state index contributed by atoms with van der Waals surface area (Å²) in [5.41, 5.74) is -0.329. The van der Waals surface area contributed by atoms with Crippen molar-refractivity contribution in [1.29, 1.82) is 0 Å². The minimum absolute atomic E-state index is 0.366. The maximum Gasteiger partial charge on any atom is 0.322 e. The standard InChI is InChI=1S/C16H19IN2O4/c1-16(14(20)18-15(21)19-16)13(10-5-7-11(17)8-6-10)23-12-4-2-3-9-22-12/h5-8,12-13H,2-4,9H2,1H3,(H2,18,19,20,21)/t12-,13-,16+/m1/s1. The Hall–Kier alpha value is -1.19. The summed E-state index contributed by atoms with van der Waals surface area (Å²) in [5.74, 6) is -0.387. The van der Waals surface area contributed by atoms with Crippen LogP contribution in [0.25, 0.3) is 0 Å². The summed E-state index contributed by atoms with van der Waals surface area (Å²) in [6.45, 7) is 2.33. The SMILES string of the molecule is C[C@@]1([C@H](O[C@@H]2CCCCO2)c2ccc(I)cc2)NC(=O)NC1=O. The Bertz CT molecular complexity index is 601. The van der Waals surface area contributed by atoms with Gasteiger partial charge in [-0.15, -0.1) is 0 Å². The fourth-order valence-corrected chi connectivity index (χ4v) is 3.26. The van der Waals surface area contributed by atoms with Crippen molar-refractivity contribution < 1.29 is 19.1 Å². The molecule has 0 aliphatic carbocycles. The lowest BCUT2D eigenvalue weighted by molar-refractivity contribution is -0.203. The number of carbonyl (C=O) groups is 2. The van der Waals surface area contributed by atoms with Gasteiger partial charge < -0.3 is 14.8 Å². The third-order valence-corrected chi connectivity index (χ3v) is 4.91. The van der Waals surface area contributed by atoms with Crippen LogP contribution in [-0.2, 0) is 14.3 Å². The first-order valence-electron chi connectivity index (χ1n) is 7.65. The number of hydrogen-bond donors (Lipinski definition) is 2. The van der Waals surface area contributed by atoms with E-state index in [2.05, 4.69) is 33.2 Å². The predicted octanol–water partition coefficient (Wildman–Crippen LogP) is 2.47. The van der Waals surface area contributed by atoms with E-state index < -0.39 is 17.7 Å². The number of halogens is 1. The number of hydrogen-bond acceptors (Lipinski definition) is 4. The molecular formula is C16H19IN2O4. The van der Waals surface area contributed by atoms with Crippen LogP contribution in [0.1, 0.15) is 37.9 Å². The third-order valence-electron chi connectivity index (χ3n) is 4.19. The van der Waals surface area contributed by atoms with Gasteiger partial charge in [-0.05, 0) is 66.5 Å². The molecule has 0 radical (unpaired) electrons. The molecule has 2 aliphatic rings. The molecule has 2 N–H and O–H groups in total. The van der Waals surface area contributed by atoms with E-state index in [1.165, 1.54) is 0 Å². The molecule has 0 spiro atoms. The van der Waals surface area contributed by atoms with E-state index in [0.29, 0.717) is 6.61 Å². The lowest BCUT2D eigenvalue weighted by atomic mass is 9.89. The highest BCUT2D eigenvalue weighted by molar-refractivity contribution is 14.1. The van der Waals surface area contributed by atoms with Crippen molar-refractivity contribution in [1.82, 2.24) is 10.6 Å². The Kier molecular flexibility index (Phi) is 4.88. The number of carbonyl (C=O) groups excluding carboxylic acids is 2. The number of rotatable bonds is 4. The molecule has 0 aromatic heterocycles. The molecular weight excluding hydrogens is 411 g/mol. The highest BCUT2D eigenvalue weighted by Gasteiger charge is 2.50.